The van der Waals surface area contributed by atoms with Crippen molar-refractivity contribution in [3.8, 4) is 0 Å². The van der Waals surface area contributed by atoms with Crippen LogP contribution in [-0.4, -0.2) is 63.4 Å². The molecule has 0 nitrogen and oxygen atoms in total. The summed E-state index contributed by atoms with van der Waals surface area (Å²) in [6.07, 6.45) is 41.5. The van der Waals surface area contributed by atoms with Crippen molar-refractivity contribution in [1.29, 1.82) is 0 Å². The zero-order valence-electron chi connectivity index (χ0n) is 32.4. The summed E-state index contributed by atoms with van der Waals surface area (Å²) in [4.78, 5) is 0. The first-order chi connectivity index (χ1) is 21.2. The summed E-state index contributed by atoms with van der Waals surface area (Å²) in [6.45, 7) is 13.8. The van der Waals surface area contributed by atoms with Crippen LogP contribution in [0.15, 0.2) is 0 Å². The summed E-state index contributed by atoms with van der Waals surface area (Å²) in [7, 11) is 0. The first-order valence-corrected chi connectivity index (χ1v) is 32.5. The Morgan fingerprint density at radius 2 is 0.467 bits per heavy atom. The second-order valence-electron chi connectivity index (χ2n) is 13.0. The van der Waals surface area contributed by atoms with Crippen molar-refractivity contribution in [3.05, 3.63) is 0 Å². The molecule has 0 aliphatic rings. The Labute approximate surface area is 334 Å². The maximum Gasteiger partial charge on any atom is -0.813 e. The molecule has 0 aromatic heterocycles. The van der Waals surface area contributed by atoms with Crippen molar-refractivity contribution in [2.75, 3.05) is 0 Å². The van der Waals surface area contributed by atoms with E-state index < -0.39 is 0 Å². The van der Waals surface area contributed by atoms with Crippen molar-refractivity contribution in [1.82, 2.24) is 0 Å². The van der Waals surface area contributed by atoms with E-state index in [1.54, 1.807) is 52.3 Å². The van der Waals surface area contributed by atoms with Gasteiger partial charge in [-0.3, -0.25) is 0 Å². The fraction of sp³-hybridized carbons (Fsp3) is 1.00. The number of thiol groups is 2. The van der Waals surface area contributed by atoms with E-state index >= 15 is 0 Å². The molecule has 5 heteroatoms. The molecule has 0 atom stereocenters. The molecule has 0 saturated heterocycles. The third-order valence-corrected chi connectivity index (χ3v) is 20.4. The molecule has 0 heterocycles. The normalized spacial score (nSPS) is 10.1. The Morgan fingerprint density at radius 3 is 0.689 bits per heavy atom. The fourth-order valence-electron chi connectivity index (χ4n) is 5.10. The average molecular weight is 989 g/mol. The second kappa shape index (κ2) is 62.2. The predicted octanol–water partition coefficient (Wildman–Crippen LogP) is 15.1. The first-order valence-electron chi connectivity index (χ1n) is 20.4. The summed E-state index contributed by atoms with van der Waals surface area (Å²) in [5, 5.41) is 0. The Morgan fingerprint density at radius 1 is 0.267 bits per heavy atom. The standard InChI is InChI=1S/4C8H17.2C4H9.2H2S.3Sn/c4*1-3-5-7-8-6-4-2;2*1-3-4-2;;;;;/h4*1,3-8H2,2H3;2*1,3-4H2,2H3;2*1H2;;;/q;;;;;;;;;2*+1/p-2. The zero-order chi connectivity index (χ0) is 32.2. The molecule has 0 rings (SSSR count). The molecule has 0 spiro atoms. The monoisotopic (exact) mass is 992 g/mol. The molecule has 45 heavy (non-hydrogen) atoms. The third-order valence-electron chi connectivity index (χ3n) is 8.24. The zero-order valence-corrected chi connectivity index (χ0v) is 42.8. The van der Waals surface area contributed by atoms with Gasteiger partial charge in [0, 0.05) is 0 Å². The van der Waals surface area contributed by atoms with Crippen molar-refractivity contribution in [2.24, 2.45) is 0 Å². The van der Waals surface area contributed by atoms with Gasteiger partial charge in [-0.1, -0.05) is 0 Å². The molecule has 0 fully saturated rings. The van der Waals surface area contributed by atoms with Crippen LogP contribution in [0.25, 0.3) is 0 Å². The Kier molecular flexibility index (Phi) is 79.5. The van der Waals surface area contributed by atoms with Gasteiger partial charge in [-0.05, 0) is 0 Å². The summed E-state index contributed by atoms with van der Waals surface area (Å²) < 4.78 is 9.88. The first kappa shape index (κ1) is 57.4. The van der Waals surface area contributed by atoms with E-state index in [0.29, 0.717) is 0 Å². The average Bonchev–Trinajstić information content (AvgIpc) is 3.02. The predicted molar refractivity (Wildman–Crippen MR) is 227 cm³/mol. The minimum Gasteiger partial charge on any atom is -0.813 e. The van der Waals surface area contributed by atoms with Crippen LogP contribution >= 0.6 is 0 Å². The molecule has 272 valence electrons. The van der Waals surface area contributed by atoms with E-state index in [0.717, 1.165) is 0 Å². The van der Waals surface area contributed by atoms with Gasteiger partial charge in [-0.15, -0.1) is 0 Å². The molecule has 4 radical (unpaired) electrons. The van der Waals surface area contributed by atoms with Gasteiger partial charge < -0.3 is 27.0 Å². The fourth-order valence-corrected chi connectivity index (χ4v) is 16.4. The molecule has 0 aliphatic carbocycles. The van der Waals surface area contributed by atoms with Crippen LogP contribution in [0.1, 0.15) is 221 Å². The van der Waals surface area contributed by atoms with Gasteiger partial charge in [0.15, 0.2) is 0 Å². The van der Waals surface area contributed by atoms with E-state index in [2.05, 4.69) is 41.5 Å². The topological polar surface area (TPSA) is 0 Å². The van der Waals surface area contributed by atoms with Crippen LogP contribution in [0.4, 0.5) is 0 Å². The minimum atomic E-state index is 0. The van der Waals surface area contributed by atoms with Crippen molar-refractivity contribution in [2.45, 2.75) is 248 Å². The van der Waals surface area contributed by atoms with Gasteiger partial charge in [-0.2, -0.15) is 0 Å². The van der Waals surface area contributed by atoms with E-state index in [9.17, 15) is 0 Å². The summed E-state index contributed by atoms with van der Waals surface area (Å²) in [6, 6.07) is 0. The molecule has 0 unspecified atom stereocenters. The summed E-state index contributed by atoms with van der Waals surface area (Å²) >= 11 is 0.297. The van der Waals surface area contributed by atoms with Crippen LogP contribution in [-0.2, 0) is 27.0 Å². The van der Waals surface area contributed by atoms with Crippen LogP contribution < -0.4 is 0 Å². The van der Waals surface area contributed by atoms with Gasteiger partial charge in [0.25, 0.3) is 0 Å². The van der Waals surface area contributed by atoms with Gasteiger partial charge in [0.1, 0.15) is 0 Å². The van der Waals surface area contributed by atoms with Gasteiger partial charge in [0.2, 0.25) is 0 Å². The molecule has 0 saturated carbocycles. The molecule has 0 aromatic rings. The van der Waals surface area contributed by atoms with Crippen LogP contribution in [0.5, 0.6) is 0 Å². The second-order valence-corrected chi connectivity index (χ2v) is 25.9. The minimum absolute atomic E-state index is 0. The Bertz CT molecular complexity index is 349. The van der Waals surface area contributed by atoms with Crippen molar-refractivity contribution >= 4 is 90.4 Å². The molecular formula is C40H88S2Sn3. The van der Waals surface area contributed by atoms with E-state index in [1.165, 1.54) is 154 Å². The van der Waals surface area contributed by atoms with E-state index in [4.69, 9.17) is 0 Å². The molecular weight excluding hydrogens is 901 g/mol. The SMILES string of the molecule is CCCCCCC[CH2][Sn+][CH2]CCCCCCC.CCCCCCC[CH2][Sn+][CH2]CCCCCCC.CCC[CH2][Sn][CH2]CCC.[SH-].[SH-]. The molecule has 0 aliphatic heterocycles. The van der Waals surface area contributed by atoms with Crippen molar-refractivity contribution < 1.29 is 0 Å². The molecule has 0 bridgehead atoms. The van der Waals surface area contributed by atoms with Gasteiger partial charge in [0.05, 0.1) is 0 Å². The Balaban J connectivity index is -0.000000182. The smallest absolute Gasteiger partial charge is 0.813 e. The number of unbranched alkanes of at least 4 members (excludes halogenated alkanes) is 22. The van der Waals surface area contributed by atoms with Crippen molar-refractivity contribution in [3.63, 3.8) is 0 Å². The van der Waals surface area contributed by atoms with Gasteiger partial charge >= 0.3 is 311 Å². The van der Waals surface area contributed by atoms with Crippen LogP contribution in [0.2, 0.25) is 26.6 Å². The van der Waals surface area contributed by atoms with E-state index in [1.807, 2.05) is 0 Å². The maximum atomic E-state index is 2.30. The summed E-state index contributed by atoms with van der Waals surface area (Å²) in [5.74, 6) is 0. The number of rotatable bonds is 34. The Hall–Kier alpha value is 3.10. The quantitative estimate of drug-likeness (QED) is 0.0273. The molecule has 0 amide bonds. The van der Waals surface area contributed by atoms with Crippen LogP contribution in [0.3, 0.4) is 0 Å². The largest absolute Gasteiger partial charge is 0.813 e. The van der Waals surface area contributed by atoms with E-state index in [-0.39, 0.29) is 90.4 Å². The third kappa shape index (κ3) is 69.6. The molecule has 0 aromatic carbocycles. The van der Waals surface area contributed by atoms with Crippen LogP contribution in [0, 0.1) is 0 Å². The van der Waals surface area contributed by atoms with Gasteiger partial charge in [-0.25, -0.2) is 0 Å². The maximum absolute atomic E-state index is 2.30. The number of hydrogen-bond acceptors (Lipinski definition) is 2. The number of hydrogen-bond donors (Lipinski definition) is 0. The summed E-state index contributed by atoms with van der Waals surface area (Å²) in [5.41, 5.74) is 0. The molecule has 0 N–H and O–H groups in total.